The van der Waals surface area contributed by atoms with Crippen molar-refractivity contribution in [1.29, 1.82) is 0 Å². The molecule has 0 aliphatic heterocycles. The average molecular weight is 312 g/mol. The van der Waals surface area contributed by atoms with Crippen LogP contribution in [0, 0.1) is 0 Å². The minimum absolute atomic E-state index is 0.251. The lowest BCUT2D eigenvalue weighted by molar-refractivity contribution is -0.129. The number of rotatable bonds is 5. The van der Waals surface area contributed by atoms with Gasteiger partial charge in [0, 0.05) is 17.1 Å². The lowest BCUT2D eigenvalue weighted by Gasteiger charge is -2.12. The third-order valence-electron chi connectivity index (χ3n) is 3.48. The molecule has 0 bridgehead atoms. The highest BCUT2D eigenvalue weighted by molar-refractivity contribution is 6.04. The number of hydrogen-bond acceptors (Lipinski definition) is 4. The topological polar surface area (TPSA) is 84.3 Å². The molecular weight excluding hydrogens is 296 g/mol. The summed E-state index contributed by atoms with van der Waals surface area (Å²) in [6.07, 6.45) is 2.22. The van der Waals surface area contributed by atoms with Gasteiger partial charge in [-0.05, 0) is 25.1 Å². The number of H-pyrrole nitrogens is 1. The van der Waals surface area contributed by atoms with Gasteiger partial charge >= 0.3 is 5.97 Å². The predicted octanol–water partition coefficient (Wildman–Crippen LogP) is 2.62. The number of fused-ring (bicyclic) bond motifs is 1. The number of para-hydroxylation sites is 1. The number of carbonyl (C=O) groups is 2. The molecule has 1 amide bonds. The van der Waals surface area contributed by atoms with Crippen LogP contribution in [0.3, 0.4) is 0 Å². The predicted molar refractivity (Wildman–Crippen MR) is 83.7 cm³/mol. The van der Waals surface area contributed by atoms with Gasteiger partial charge in [0.2, 0.25) is 0 Å². The zero-order valence-corrected chi connectivity index (χ0v) is 12.5. The minimum atomic E-state index is -0.897. The van der Waals surface area contributed by atoms with Crippen LogP contribution in [-0.2, 0) is 16.1 Å². The van der Waals surface area contributed by atoms with E-state index in [4.69, 9.17) is 9.15 Å². The number of aromatic nitrogens is 1. The highest BCUT2D eigenvalue weighted by atomic mass is 16.5. The van der Waals surface area contributed by atoms with Crippen molar-refractivity contribution in [1.82, 2.24) is 10.3 Å². The van der Waals surface area contributed by atoms with Gasteiger partial charge < -0.3 is 19.5 Å². The van der Waals surface area contributed by atoms with E-state index in [1.165, 1.54) is 13.2 Å². The summed E-state index contributed by atoms with van der Waals surface area (Å²) >= 11 is 0. The summed E-state index contributed by atoms with van der Waals surface area (Å²) in [5, 5.41) is 3.42. The summed E-state index contributed by atoms with van der Waals surface area (Å²) in [6, 6.07) is 10.9. The lowest BCUT2D eigenvalue weighted by Crippen LogP contribution is -2.35. The van der Waals surface area contributed by atoms with Crippen molar-refractivity contribution in [2.75, 3.05) is 0 Å². The van der Waals surface area contributed by atoms with Crippen molar-refractivity contribution in [2.24, 2.45) is 0 Å². The number of hydrogen-bond donors (Lipinski definition) is 2. The van der Waals surface area contributed by atoms with E-state index in [-0.39, 0.29) is 12.5 Å². The summed E-state index contributed by atoms with van der Waals surface area (Å²) in [5.74, 6) is -0.286. The van der Waals surface area contributed by atoms with Crippen LogP contribution in [0.1, 0.15) is 23.0 Å². The van der Waals surface area contributed by atoms with E-state index in [9.17, 15) is 9.59 Å². The SMILES string of the molecule is C[C@@H](OC(=O)c1c[nH]c2ccccc12)C(=O)NCc1ccco1. The molecule has 2 aromatic heterocycles. The van der Waals surface area contributed by atoms with Crippen LogP contribution >= 0.6 is 0 Å². The van der Waals surface area contributed by atoms with Crippen molar-refractivity contribution in [3.63, 3.8) is 0 Å². The van der Waals surface area contributed by atoms with Crippen molar-refractivity contribution in [3.8, 4) is 0 Å². The van der Waals surface area contributed by atoms with Gasteiger partial charge in [-0.25, -0.2) is 4.79 Å². The number of esters is 1. The molecule has 3 rings (SSSR count). The zero-order chi connectivity index (χ0) is 16.2. The number of amides is 1. The number of ether oxygens (including phenoxy) is 1. The van der Waals surface area contributed by atoms with E-state index >= 15 is 0 Å². The first-order valence-corrected chi connectivity index (χ1v) is 7.22. The average Bonchev–Trinajstić information content (AvgIpc) is 3.21. The van der Waals surface area contributed by atoms with Crippen LogP contribution in [0.15, 0.2) is 53.3 Å². The Morgan fingerprint density at radius 3 is 2.87 bits per heavy atom. The largest absolute Gasteiger partial charge is 0.467 e. The molecule has 3 aromatic rings. The Bertz CT molecular complexity index is 820. The Labute approximate surface area is 132 Å². The summed E-state index contributed by atoms with van der Waals surface area (Å²) in [6.45, 7) is 1.78. The number of furan rings is 1. The van der Waals surface area contributed by atoms with Crippen LogP contribution < -0.4 is 5.32 Å². The first-order valence-electron chi connectivity index (χ1n) is 7.22. The molecule has 0 radical (unpaired) electrons. The standard InChI is InChI=1S/C17H16N2O4/c1-11(16(20)19-9-12-5-4-8-22-12)23-17(21)14-10-18-15-7-3-2-6-13(14)15/h2-8,10-11,18H,9H2,1H3,(H,19,20)/t11-/m1/s1. The van der Waals surface area contributed by atoms with Gasteiger partial charge in [-0.3, -0.25) is 4.79 Å². The Kier molecular flexibility index (Phi) is 4.14. The van der Waals surface area contributed by atoms with Gasteiger partial charge in [0.05, 0.1) is 18.4 Å². The van der Waals surface area contributed by atoms with Gasteiger partial charge in [-0.2, -0.15) is 0 Å². The maximum atomic E-state index is 12.2. The van der Waals surface area contributed by atoms with Crippen molar-refractivity contribution in [3.05, 3.63) is 60.2 Å². The van der Waals surface area contributed by atoms with E-state index in [1.54, 1.807) is 18.3 Å². The molecule has 0 spiro atoms. The first-order chi connectivity index (χ1) is 11.1. The van der Waals surface area contributed by atoms with Gasteiger partial charge in [-0.1, -0.05) is 18.2 Å². The van der Waals surface area contributed by atoms with Crippen LogP contribution in [0.4, 0.5) is 0 Å². The maximum absolute atomic E-state index is 12.2. The Morgan fingerprint density at radius 2 is 2.09 bits per heavy atom. The molecule has 0 aliphatic carbocycles. The second kappa shape index (κ2) is 6.39. The molecule has 118 valence electrons. The monoisotopic (exact) mass is 312 g/mol. The number of aromatic amines is 1. The van der Waals surface area contributed by atoms with Crippen LogP contribution in [0.2, 0.25) is 0 Å². The van der Waals surface area contributed by atoms with Crippen LogP contribution in [-0.4, -0.2) is 23.0 Å². The van der Waals surface area contributed by atoms with Gasteiger partial charge in [0.1, 0.15) is 5.76 Å². The normalized spacial score (nSPS) is 12.0. The van der Waals surface area contributed by atoms with Gasteiger partial charge in [-0.15, -0.1) is 0 Å². The zero-order valence-electron chi connectivity index (χ0n) is 12.5. The molecule has 23 heavy (non-hydrogen) atoms. The molecule has 0 unspecified atom stereocenters. The Morgan fingerprint density at radius 1 is 1.26 bits per heavy atom. The number of nitrogens with one attached hydrogen (secondary N) is 2. The lowest BCUT2D eigenvalue weighted by atomic mass is 10.2. The first kappa shape index (κ1) is 14.9. The quantitative estimate of drug-likeness (QED) is 0.709. The molecule has 2 N–H and O–H groups in total. The van der Waals surface area contributed by atoms with Crippen molar-refractivity contribution >= 4 is 22.8 Å². The van der Waals surface area contributed by atoms with Crippen LogP contribution in [0.5, 0.6) is 0 Å². The molecule has 1 atom stereocenters. The summed E-state index contributed by atoms with van der Waals surface area (Å²) < 4.78 is 10.4. The molecule has 2 heterocycles. The van der Waals surface area contributed by atoms with E-state index in [1.807, 2.05) is 24.3 Å². The van der Waals surface area contributed by atoms with E-state index in [0.717, 1.165) is 10.9 Å². The Balaban J connectivity index is 1.61. The molecule has 0 fully saturated rings. The van der Waals surface area contributed by atoms with Crippen molar-refractivity contribution in [2.45, 2.75) is 19.6 Å². The van der Waals surface area contributed by atoms with E-state index in [0.29, 0.717) is 11.3 Å². The van der Waals surface area contributed by atoms with Crippen molar-refractivity contribution < 1.29 is 18.7 Å². The molecular formula is C17H16N2O4. The molecule has 0 saturated carbocycles. The second-order valence-electron chi connectivity index (χ2n) is 5.09. The highest BCUT2D eigenvalue weighted by Crippen LogP contribution is 2.19. The summed E-state index contributed by atoms with van der Waals surface area (Å²) in [5.41, 5.74) is 1.25. The third kappa shape index (κ3) is 3.26. The van der Waals surface area contributed by atoms with Gasteiger partial charge in [0.25, 0.3) is 5.91 Å². The molecule has 0 aliphatic rings. The molecule has 6 heteroatoms. The summed E-state index contributed by atoms with van der Waals surface area (Å²) in [4.78, 5) is 27.2. The fourth-order valence-electron chi connectivity index (χ4n) is 2.25. The Hall–Kier alpha value is -3.02. The van der Waals surface area contributed by atoms with E-state index in [2.05, 4.69) is 10.3 Å². The highest BCUT2D eigenvalue weighted by Gasteiger charge is 2.20. The fourth-order valence-corrected chi connectivity index (χ4v) is 2.25. The van der Waals surface area contributed by atoms with Crippen LogP contribution in [0.25, 0.3) is 10.9 Å². The molecule has 6 nitrogen and oxygen atoms in total. The van der Waals surface area contributed by atoms with E-state index < -0.39 is 12.1 Å². The third-order valence-corrected chi connectivity index (χ3v) is 3.48. The number of carbonyl (C=O) groups excluding carboxylic acids is 2. The van der Waals surface area contributed by atoms with Gasteiger partial charge in [0.15, 0.2) is 6.10 Å². The molecule has 1 aromatic carbocycles. The minimum Gasteiger partial charge on any atom is -0.467 e. The maximum Gasteiger partial charge on any atom is 0.341 e. The second-order valence-corrected chi connectivity index (χ2v) is 5.09. The fraction of sp³-hybridized carbons (Fsp3) is 0.176. The number of benzene rings is 1. The molecule has 0 saturated heterocycles. The summed E-state index contributed by atoms with van der Waals surface area (Å²) in [7, 11) is 0. The smallest absolute Gasteiger partial charge is 0.341 e.